The fourth-order valence-corrected chi connectivity index (χ4v) is 3.44. The van der Waals surface area contributed by atoms with E-state index in [9.17, 15) is 0 Å². The number of aryl methyl sites for hydroxylation is 2. The molecule has 2 rings (SSSR count). The molecule has 0 aliphatic rings. The zero-order valence-corrected chi connectivity index (χ0v) is 10.2. The monoisotopic (exact) mass is 272 g/mol. The quantitative estimate of drug-likeness (QED) is 0.779. The molecule has 0 fully saturated rings. The van der Waals surface area contributed by atoms with Crippen LogP contribution in [0.15, 0.2) is 32.1 Å². The Morgan fingerprint density at radius 3 is 2.62 bits per heavy atom. The summed E-state index contributed by atoms with van der Waals surface area (Å²) in [6, 6.07) is 2.20. The predicted octanol–water partition coefficient (Wildman–Crippen LogP) is 4.36. The van der Waals surface area contributed by atoms with Crippen LogP contribution < -0.4 is 0 Å². The minimum Gasteiger partial charge on any atom is -0.152 e. The summed E-state index contributed by atoms with van der Waals surface area (Å²) < 4.78 is 1.26. The molecule has 0 bridgehead atoms. The van der Waals surface area contributed by atoms with Gasteiger partial charge in [-0.2, -0.15) is 22.7 Å². The van der Waals surface area contributed by atoms with Gasteiger partial charge >= 0.3 is 0 Å². The highest BCUT2D eigenvalue weighted by molar-refractivity contribution is 9.10. The van der Waals surface area contributed by atoms with Crippen LogP contribution in [-0.2, 0) is 12.8 Å². The van der Waals surface area contributed by atoms with Gasteiger partial charge in [0.25, 0.3) is 0 Å². The third-order valence-electron chi connectivity index (χ3n) is 1.95. The highest BCUT2D eigenvalue weighted by Crippen LogP contribution is 2.23. The fourth-order valence-electron chi connectivity index (χ4n) is 1.20. The number of hydrogen-bond donors (Lipinski definition) is 0. The van der Waals surface area contributed by atoms with Crippen molar-refractivity contribution in [2.75, 3.05) is 0 Å². The summed E-state index contributed by atoms with van der Waals surface area (Å²) in [6.45, 7) is 0. The number of halogens is 1. The SMILES string of the molecule is Brc1cscc1CCc1ccsc1. The largest absolute Gasteiger partial charge is 0.152 e. The van der Waals surface area contributed by atoms with E-state index in [1.165, 1.54) is 15.6 Å². The molecule has 0 N–H and O–H groups in total. The van der Waals surface area contributed by atoms with E-state index in [4.69, 9.17) is 0 Å². The molecule has 0 saturated heterocycles. The first-order valence-corrected chi connectivity index (χ1v) is 6.76. The van der Waals surface area contributed by atoms with E-state index in [2.05, 4.69) is 43.5 Å². The van der Waals surface area contributed by atoms with Crippen LogP contribution in [0.25, 0.3) is 0 Å². The van der Waals surface area contributed by atoms with Crippen molar-refractivity contribution >= 4 is 38.6 Å². The van der Waals surface area contributed by atoms with Crippen molar-refractivity contribution in [1.29, 1.82) is 0 Å². The molecule has 0 spiro atoms. The minimum atomic E-state index is 1.14. The summed E-state index contributed by atoms with van der Waals surface area (Å²) in [7, 11) is 0. The molecule has 0 radical (unpaired) electrons. The highest BCUT2D eigenvalue weighted by atomic mass is 79.9. The van der Waals surface area contributed by atoms with Crippen molar-refractivity contribution in [2.45, 2.75) is 12.8 Å². The van der Waals surface area contributed by atoms with Crippen molar-refractivity contribution in [1.82, 2.24) is 0 Å². The summed E-state index contributed by atoms with van der Waals surface area (Å²) in [4.78, 5) is 0. The normalized spacial score (nSPS) is 10.5. The molecular weight excluding hydrogens is 264 g/mol. The Morgan fingerprint density at radius 2 is 2.00 bits per heavy atom. The second-order valence-corrected chi connectivity index (χ2v) is 5.25. The van der Waals surface area contributed by atoms with E-state index in [0.717, 1.165) is 12.8 Å². The Balaban J connectivity index is 1.97. The summed E-state index contributed by atoms with van der Waals surface area (Å²) in [5.41, 5.74) is 2.87. The van der Waals surface area contributed by atoms with Crippen molar-refractivity contribution < 1.29 is 0 Å². The van der Waals surface area contributed by atoms with Crippen LogP contribution in [-0.4, -0.2) is 0 Å². The van der Waals surface area contributed by atoms with Gasteiger partial charge in [0.2, 0.25) is 0 Å². The van der Waals surface area contributed by atoms with Crippen molar-refractivity contribution in [2.24, 2.45) is 0 Å². The van der Waals surface area contributed by atoms with Crippen molar-refractivity contribution in [3.05, 3.63) is 43.2 Å². The van der Waals surface area contributed by atoms with Gasteiger partial charge < -0.3 is 0 Å². The van der Waals surface area contributed by atoms with E-state index < -0.39 is 0 Å². The fraction of sp³-hybridized carbons (Fsp3) is 0.200. The maximum atomic E-state index is 3.54. The van der Waals surface area contributed by atoms with Crippen LogP contribution >= 0.6 is 38.6 Å². The van der Waals surface area contributed by atoms with Gasteiger partial charge in [0, 0.05) is 9.85 Å². The van der Waals surface area contributed by atoms with Gasteiger partial charge in [0.05, 0.1) is 0 Å². The minimum absolute atomic E-state index is 1.14. The Bertz CT molecular complexity index is 362. The lowest BCUT2D eigenvalue weighted by Gasteiger charge is -1.96. The van der Waals surface area contributed by atoms with Gasteiger partial charge in [-0.25, -0.2) is 0 Å². The second kappa shape index (κ2) is 4.40. The molecule has 13 heavy (non-hydrogen) atoms. The molecule has 0 amide bonds. The Kier molecular flexibility index (Phi) is 3.19. The van der Waals surface area contributed by atoms with Crippen molar-refractivity contribution in [3.63, 3.8) is 0 Å². The standard InChI is InChI=1S/C10H9BrS2/c11-10-7-13-6-9(10)2-1-8-3-4-12-5-8/h3-7H,1-2H2. The van der Waals surface area contributed by atoms with Crippen LogP contribution in [0.3, 0.4) is 0 Å². The van der Waals surface area contributed by atoms with Gasteiger partial charge in [0.1, 0.15) is 0 Å². The van der Waals surface area contributed by atoms with Crippen LogP contribution in [0.2, 0.25) is 0 Å². The molecule has 0 aromatic carbocycles. The maximum absolute atomic E-state index is 3.54. The molecule has 0 atom stereocenters. The van der Waals surface area contributed by atoms with Gasteiger partial charge in [0.15, 0.2) is 0 Å². The summed E-state index contributed by atoms with van der Waals surface area (Å²) in [5.74, 6) is 0. The second-order valence-electron chi connectivity index (χ2n) is 2.88. The first-order valence-electron chi connectivity index (χ1n) is 4.08. The molecular formula is C10H9BrS2. The molecule has 0 unspecified atom stereocenters. The Labute approximate surface area is 94.4 Å². The third-order valence-corrected chi connectivity index (χ3v) is 4.52. The lowest BCUT2D eigenvalue weighted by molar-refractivity contribution is 0.967. The zero-order valence-electron chi connectivity index (χ0n) is 7.00. The van der Waals surface area contributed by atoms with Crippen LogP contribution in [0.5, 0.6) is 0 Å². The summed E-state index contributed by atoms with van der Waals surface area (Å²) >= 11 is 7.07. The van der Waals surface area contributed by atoms with Crippen molar-refractivity contribution in [3.8, 4) is 0 Å². The van der Waals surface area contributed by atoms with Crippen LogP contribution in [0, 0.1) is 0 Å². The van der Waals surface area contributed by atoms with E-state index in [-0.39, 0.29) is 0 Å². The first-order chi connectivity index (χ1) is 6.36. The average Bonchev–Trinajstić information content (AvgIpc) is 2.72. The molecule has 0 aliphatic carbocycles. The van der Waals surface area contributed by atoms with Crippen LogP contribution in [0.1, 0.15) is 11.1 Å². The average molecular weight is 273 g/mol. The summed E-state index contributed by atoms with van der Waals surface area (Å²) in [5, 5.41) is 8.72. The molecule has 68 valence electrons. The van der Waals surface area contributed by atoms with E-state index in [1.807, 2.05) is 0 Å². The van der Waals surface area contributed by atoms with Crippen LogP contribution in [0.4, 0.5) is 0 Å². The molecule has 2 aromatic heterocycles. The van der Waals surface area contributed by atoms with Gasteiger partial charge in [-0.3, -0.25) is 0 Å². The third kappa shape index (κ3) is 2.42. The molecule has 0 nitrogen and oxygen atoms in total. The lowest BCUT2D eigenvalue weighted by atomic mass is 10.1. The highest BCUT2D eigenvalue weighted by Gasteiger charge is 2.01. The molecule has 0 aliphatic heterocycles. The number of thiophene rings is 2. The zero-order chi connectivity index (χ0) is 9.10. The molecule has 3 heteroatoms. The maximum Gasteiger partial charge on any atom is 0.0314 e. The van der Waals surface area contributed by atoms with Gasteiger partial charge in [-0.15, -0.1) is 0 Å². The summed E-state index contributed by atoms with van der Waals surface area (Å²) in [6.07, 6.45) is 2.29. The number of rotatable bonds is 3. The van der Waals surface area contributed by atoms with E-state index in [0.29, 0.717) is 0 Å². The molecule has 2 heterocycles. The number of hydrogen-bond acceptors (Lipinski definition) is 2. The van der Waals surface area contributed by atoms with E-state index >= 15 is 0 Å². The predicted molar refractivity (Wildman–Crippen MR) is 63.7 cm³/mol. The first kappa shape index (κ1) is 9.44. The van der Waals surface area contributed by atoms with Gasteiger partial charge in [-0.1, -0.05) is 0 Å². The molecule has 2 aromatic rings. The van der Waals surface area contributed by atoms with E-state index in [1.54, 1.807) is 22.7 Å². The Morgan fingerprint density at radius 1 is 1.08 bits per heavy atom. The molecule has 0 saturated carbocycles. The van der Waals surface area contributed by atoms with Gasteiger partial charge in [-0.05, 0) is 62.1 Å². The topological polar surface area (TPSA) is 0 Å². The smallest absolute Gasteiger partial charge is 0.0314 e. The Hall–Kier alpha value is -0.120. The lowest BCUT2D eigenvalue weighted by Crippen LogP contribution is -1.87.